The van der Waals surface area contributed by atoms with Crippen LogP contribution >= 0.6 is 69.6 Å². The van der Waals surface area contributed by atoms with E-state index in [-0.39, 0.29) is 43.7 Å². The summed E-state index contributed by atoms with van der Waals surface area (Å²) in [5, 5.41) is 15.1. The molecule has 2 aliphatic carbocycles. The molecule has 4 aliphatic rings. The highest BCUT2D eigenvalue weighted by atomic mass is 35.6. The van der Waals surface area contributed by atoms with Crippen LogP contribution in [-0.4, -0.2) is 106 Å². The topological polar surface area (TPSA) is 185 Å². The monoisotopic (exact) mass is 999 g/mol. The van der Waals surface area contributed by atoms with Gasteiger partial charge in [-0.2, -0.15) is 0 Å². The lowest BCUT2D eigenvalue weighted by molar-refractivity contribution is -0.146. The normalized spacial score (nSPS) is 28.8. The minimum absolute atomic E-state index is 0.0786. The molecule has 342 valence electrons. The van der Waals surface area contributed by atoms with Gasteiger partial charge in [0.05, 0.1) is 17.4 Å². The lowest BCUT2D eigenvalue weighted by Crippen LogP contribution is -2.71. The number of amides is 4. The zero-order valence-electron chi connectivity index (χ0n) is 35.0. The van der Waals surface area contributed by atoms with E-state index in [0.29, 0.717) is 41.7 Å². The summed E-state index contributed by atoms with van der Waals surface area (Å²) in [7, 11) is -4.10. The van der Waals surface area contributed by atoms with E-state index in [1.54, 1.807) is 44.3 Å². The second-order valence-electron chi connectivity index (χ2n) is 17.8. The van der Waals surface area contributed by atoms with E-state index in [2.05, 4.69) is 15.0 Å². The Hall–Kier alpha value is -2.66. The Kier molecular flexibility index (Phi) is 13.9. The predicted molar refractivity (Wildman–Crippen MR) is 240 cm³/mol. The summed E-state index contributed by atoms with van der Waals surface area (Å²) < 4.78 is 34.8. The number of rotatable bonds is 9. The first-order valence-corrected chi connectivity index (χ1v) is 24.1. The number of pyridine rings is 1. The maximum absolute atomic E-state index is 15.4. The van der Waals surface area contributed by atoms with Crippen LogP contribution in [0.1, 0.15) is 86.5 Å². The Morgan fingerprint density at radius 1 is 1.06 bits per heavy atom. The average molecular weight is 1000 g/mol. The summed E-state index contributed by atoms with van der Waals surface area (Å²) in [6.45, 7) is 9.78. The summed E-state index contributed by atoms with van der Waals surface area (Å²) in [4.78, 5) is 64.0. The van der Waals surface area contributed by atoms with Gasteiger partial charge in [0, 0.05) is 23.9 Å². The molecule has 0 radical (unpaired) electrons. The maximum Gasteiger partial charge on any atom is 0.408 e. The number of nitrogens with zero attached hydrogens (tertiary/aromatic N) is 3. The Bertz CT molecular complexity index is 2220. The molecular weight excluding hydrogens is 951 g/mol. The van der Waals surface area contributed by atoms with Crippen LogP contribution < -0.4 is 19.5 Å². The van der Waals surface area contributed by atoms with Crippen LogP contribution in [0, 0.1) is 17.8 Å². The van der Waals surface area contributed by atoms with Gasteiger partial charge in [-0.3, -0.25) is 24.0 Å². The van der Waals surface area contributed by atoms with Gasteiger partial charge in [-0.1, -0.05) is 95.6 Å². The largest absolute Gasteiger partial charge is 0.491 e. The molecule has 2 aliphatic heterocycles. The van der Waals surface area contributed by atoms with Gasteiger partial charge in [0.25, 0.3) is 5.91 Å². The standard InChI is InChI=1S/C41H51Cl6N5O9S/c1-22(2)60-27-11-12-29-25(18-27)13-16-48-33(29)61-28-19-30-32(53)49-39(35(55)50-62(58,59)37(5)14-15-37)20-26(39)10-8-7-9-23(3)17-24(4)31(34(54)51(30)21-28)52(36(56)57)38(6,40(42,43)44)41(45,46)47/h8,10-13,16,18,22-24,26,28,30-31H,7,9,14-15,17,19-21H2,1-6H3,(H,49,53)(H,50,55)(H,56,57)/b10-8-/t23-,24-,26-,28-,30+,31+,39-/m1/s1. The smallest absolute Gasteiger partial charge is 0.408 e. The van der Waals surface area contributed by atoms with Crippen LogP contribution in [0.4, 0.5) is 4.79 Å². The number of carboxylic acid groups (broad SMARTS) is 1. The summed E-state index contributed by atoms with van der Waals surface area (Å²) in [5.41, 5.74) is -4.18. The van der Waals surface area contributed by atoms with E-state index in [1.165, 1.54) is 4.90 Å². The number of nitrogens with one attached hydrogen (secondary N) is 2. The van der Waals surface area contributed by atoms with Crippen molar-refractivity contribution >= 4 is 114 Å². The average Bonchev–Trinajstić information content (AvgIpc) is 4.03. The quantitative estimate of drug-likeness (QED) is 0.164. The Balaban J connectivity index is 1.45. The van der Waals surface area contributed by atoms with Crippen molar-refractivity contribution < 1.29 is 42.2 Å². The third kappa shape index (κ3) is 9.51. The molecular formula is C41H51Cl6N5O9S. The number of benzene rings is 1. The molecule has 0 bridgehead atoms. The molecule has 1 saturated heterocycles. The van der Waals surface area contributed by atoms with Gasteiger partial charge in [0.1, 0.15) is 35.0 Å². The number of aromatic nitrogens is 1. The van der Waals surface area contributed by atoms with Crippen molar-refractivity contribution in [3.63, 3.8) is 0 Å². The minimum atomic E-state index is -4.10. The van der Waals surface area contributed by atoms with Gasteiger partial charge in [-0.25, -0.2) is 18.2 Å². The van der Waals surface area contributed by atoms with Crippen LogP contribution in [0.25, 0.3) is 10.8 Å². The van der Waals surface area contributed by atoms with Gasteiger partial charge in [0.2, 0.25) is 35.3 Å². The first-order valence-electron chi connectivity index (χ1n) is 20.4. The third-order valence-electron chi connectivity index (χ3n) is 12.6. The highest BCUT2D eigenvalue weighted by Crippen LogP contribution is 2.56. The molecule has 0 spiro atoms. The van der Waals surface area contributed by atoms with Crippen molar-refractivity contribution in [3.8, 4) is 11.6 Å². The van der Waals surface area contributed by atoms with E-state index < -0.39 is 87.3 Å². The molecule has 3 heterocycles. The Labute approximate surface area is 391 Å². The lowest BCUT2D eigenvalue weighted by atomic mass is 9.85. The fourth-order valence-electron chi connectivity index (χ4n) is 8.49. The third-order valence-corrected chi connectivity index (χ3v) is 17.0. The summed E-state index contributed by atoms with van der Waals surface area (Å²) >= 11 is 38.9. The van der Waals surface area contributed by atoms with Gasteiger partial charge in [-0.05, 0) is 108 Å². The number of alkyl halides is 6. The first-order chi connectivity index (χ1) is 28.7. The van der Waals surface area contributed by atoms with Crippen LogP contribution in [0.3, 0.4) is 0 Å². The molecule has 3 N–H and O–H groups in total. The fourth-order valence-corrected chi connectivity index (χ4v) is 11.6. The van der Waals surface area contributed by atoms with Crippen molar-refractivity contribution in [1.82, 2.24) is 24.8 Å². The molecule has 1 aromatic carbocycles. The Morgan fingerprint density at radius 3 is 2.32 bits per heavy atom. The van der Waals surface area contributed by atoms with Crippen LogP contribution in [0.2, 0.25) is 0 Å². The molecule has 7 atom stereocenters. The van der Waals surface area contributed by atoms with Crippen molar-refractivity contribution in [2.24, 2.45) is 17.8 Å². The van der Waals surface area contributed by atoms with Gasteiger partial charge in [-0.15, -0.1) is 0 Å². The lowest BCUT2D eigenvalue weighted by Gasteiger charge is -2.52. The van der Waals surface area contributed by atoms with E-state index in [9.17, 15) is 27.9 Å². The number of hydrogen-bond donors (Lipinski definition) is 3. The zero-order valence-corrected chi connectivity index (χ0v) is 40.3. The van der Waals surface area contributed by atoms with Gasteiger partial charge < -0.3 is 24.8 Å². The summed E-state index contributed by atoms with van der Waals surface area (Å²) in [5.74, 6) is -3.31. The molecule has 2 aromatic rings. The number of allylic oxidation sites excluding steroid dienone is 1. The number of carbonyl (C=O) groups is 4. The van der Waals surface area contributed by atoms with E-state index in [0.717, 1.165) is 12.3 Å². The number of sulfonamides is 1. The molecule has 6 rings (SSSR count). The number of halogens is 6. The molecule has 4 amide bonds. The second kappa shape index (κ2) is 17.6. The molecule has 0 unspecified atom stereocenters. The number of fused-ring (bicyclic) bond motifs is 3. The molecule has 3 fully saturated rings. The first kappa shape index (κ1) is 48.8. The molecule has 62 heavy (non-hydrogen) atoms. The van der Waals surface area contributed by atoms with Gasteiger partial charge in [0.15, 0.2) is 0 Å². The minimum Gasteiger partial charge on any atom is -0.491 e. The highest BCUT2D eigenvalue weighted by molar-refractivity contribution is 7.91. The van der Waals surface area contributed by atoms with Crippen molar-refractivity contribution in [1.29, 1.82) is 0 Å². The maximum atomic E-state index is 15.4. The van der Waals surface area contributed by atoms with Crippen LogP contribution in [-0.2, 0) is 24.4 Å². The van der Waals surface area contributed by atoms with Crippen LogP contribution in [0.15, 0.2) is 42.6 Å². The SMILES string of the molecule is CC(C)Oc1ccc2c(O[C@@H]3C[C@H]4C(=O)N[C@]5(C(=O)NS(=O)(=O)C6(C)CC6)C[C@H]5/C=C\CC[C@@H](C)C[C@@H](C)[C@H](N(C(=O)O)C(C)(C(Cl)(Cl)Cl)C(Cl)(Cl)Cl)C(=O)N4C3)nccc2c1. The number of hydrogen-bond acceptors (Lipinski definition) is 9. The molecule has 2 saturated carbocycles. The predicted octanol–water partition coefficient (Wildman–Crippen LogP) is 8.10. The van der Waals surface area contributed by atoms with E-state index in [1.807, 2.05) is 32.9 Å². The second-order valence-corrected chi connectivity index (χ2v) is 24.6. The number of ether oxygens (including phenoxy) is 2. The van der Waals surface area contributed by atoms with E-state index in [4.69, 9.17) is 79.1 Å². The molecule has 1 aromatic heterocycles. The zero-order chi connectivity index (χ0) is 46.0. The molecule has 21 heteroatoms. The van der Waals surface area contributed by atoms with Crippen LogP contribution in [0.5, 0.6) is 11.6 Å². The van der Waals surface area contributed by atoms with Gasteiger partial charge >= 0.3 is 6.09 Å². The molecule has 14 nitrogen and oxygen atoms in total. The van der Waals surface area contributed by atoms with Crippen molar-refractivity contribution in [2.45, 2.75) is 134 Å². The summed E-state index contributed by atoms with van der Waals surface area (Å²) in [6, 6.07) is 4.03. The van der Waals surface area contributed by atoms with Crippen molar-refractivity contribution in [2.75, 3.05) is 6.54 Å². The number of carbonyl (C=O) groups excluding carboxylic acids is 3. The van der Waals surface area contributed by atoms with E-state index >= 15 is 4.79 Å². The summed E-state index contributed by atoms with van der Waals surface area (Å²) in [6.07, 6.45) is 4.46. The van der Waals surface area contributed by atoms with Crippen molar-refractivity contribution in [3.05, 3.63) is 42.6 Å². The Morgan fingerprint density at radius 2 is 1.73 bits per heavy atom. The highest BCUT2D eigenvalue weighted by Gasteiger charge is 2.67. The fraction of sp³-hybridized carbons (Fsp3) is 0.634.